The van der Waals surface area contributed by atoms with Crippen LogP contribution in [0, 0.1) is 0 Å². The minimum Gasteiger partial charge on any atom is -0.378 e. The minimum atomic E-state index is -0.111. The summed E-state index contributed by atoms with van der Waals surface area (Å²) in [7, 11) is 0. The molecule has 2 amide bonds. The van der Waals surface area contributed by atoms with E-state index in [1.54, 1.807) is 40.6 Å². The number of carbonyl (C=O) groups excluding carboxylic acids is 2. The van der Waals surface area contributed by atoms with Gasteiger partial charge in [0.05, 0.1) is 13.2 Å². The molecule has 2 aromatic heterocycles. The first kappa shape index (κ1) is 26.1. The molecule has 1 aliphatic rings. The fourth-order valence-electron chi connectivity index (χ4n) is 2.61. The van der Waals surface area contributed by atoms with Crippen molar-refractivity contribution in [1.82, 2.24) is 14.3 Å². The smallest absolute Gasteiger partial charge is 0.274 e. The van der Waals surface area contributed by atoms with E-state index in [0.29, 0.717) is 49.9 Å². The van der Waals surface area contributed by atoms with Gasteiger partial charge >= 0.3 is 0 Å². The fourth-order valence-corrected chi connectivity index (χ4v) is 2.61. The lowest BCUT2D eigenvalue weighted by molar-refractivity contribution is -0.115. The summed E-state index contributed by atoms with van der Waals surface area (Å²) in [5, 5.41) is 2.81. The van der Waals surface area contributed by atoms with Gasteiger partial charge in [-0.15, -0.1) is 6.58 Å². The molecule has 170 valence electrons. The van der Waals surface area contributed by atoms with Crippen LogP contribution in [0.2, 0.25) is 0 Å². The highest BCUT2D eigenvalue weighted by Gasteiger charge is 2.21. The summed E-state index contributed by atoms with van der Waals surface area (Å²) in [5.74, 6) is 0.417. The summed E-state index contributed by atoms with van der Waals surface area (Å²) in [4.78, 5) is 30.1. The molecular weight excluding hydrogens is 392 g/mol. The summed E-state index contributed by atoms with van der Waals surface area (Å²) in [5.41, 5.74) is 1.01. The van der Waals surface area contributed by atoms with Crippen molar-refractivity contribution in [3.63, 3.8) is 0 Å². The monoisotopic (exact) mass is 428 g/mol. The molecule has 7 heteroatoms. The van der Waals surface area contributed by atoms with E-state index in [4.69, 9.17) is 4.74 Å². The van der Waals surface area contributed by atoms with Crippen LogP contribution in [-0.2, 0) is 9.53 Å². The lowest BCUT2D eigenvalue weighted by Crippen LogP contribution is -2.40. The summed E-state index contributed by atoms with van der Waals surface area (Å²) < 4.78 is 6.98. The number of nitrogens with zero attached hydrogens (tertiary/aromatic N) is 3. The molecule has 2 aromatic rings. The molecule has 0 spiro atoms. The zero-order valence-electron chi connectivity index (χ0n) is 19.3. The van der Waals surface area contributed by atoms with Gasteiger partial charge in [0.25, 0.3) is 5.91 Å². The maximum absolute atomic E-state index is 12.5. The zero-order valence-corrected chi connectivity index (χ0v) is 19.3. The number of allylic oxidation sites excluding steroid dienone is 3. The Labute approximate surface area is 185 Å². The van der Waals surface area contributed by atoms with E-state index in [1.165, 1.54) is 0 Å². The third-order valence-corrected chi connectivity index (χ3v) is 4.36. The first-order valence-electron chi connectivity index (χ1n) is 10.9. The van der Waals surface area contributed by atoms with Gasteiger partial charge in [-0.05, 0) is 31.9 Å². The quantitative estimate of drug-likeness (QED) is 0.700. The maximum Gasteiger partial charge on any atom is 0.274 e. The van der Waals surface area contributed by atoms with Crippen molar-refractivity contribution in [1.29, 1.82) is 0 Å². The Morgan fingerprint density at radius 3 is 2.39 bits per heavy atom. The summed E-state index contributed by atoms with van der Waals surface area (Å²) in [6, 6.07) is 5.39. The van der Waals surface area contributed by atoms with Crippen LogP contribution in [-0.4, -0.2) is 52.4 Å². The third-order valence-electron chi connectivity index (χ3n) is 4.36. The van der Waals surface area contributed by atoms with E-state index in [1.807, 2.05) is 13.0 Å². The van der Waals surface area contributed by atoms with Crippen molar-refractivity contribution in [2.45, 2.75) is 47.0 Å². The van der Waals surface area contributed by atoms with Crippen molar-refractivity contribution in [3.05, 3.63) is 54.9 Å². The lowest BCUT2D eigenvalue weighted by atomic mass is 10.3. The van der Waals surface area contributed by atoms with Gasteiger partial charge in [0, 0.05) is 25.7 Å². The van der Waals surface area contributed by atoms with Crippen LogP contribution >= 0.6 is 0 Å². The van der Waals surface area contributed by atoms with E-state index in [9.17, 15) is 9.59 Å². The Balaban J connectivity index is 0.000000454. The summed E-state index contributed by atoms with van der Waals surface area (Å²) in [6.07, 6.45) is 10.4. The number of imidazole rings is 1. The number of pyridine rings is 1. The molecule has 3 heterocycles. The van der Waals surface area contributed by atoms with Crippen molar-refractivity contribution in [2.24, 2.45) is 0 Å². The lowest BCUT2D eigenvalue weighted by Gasteiger charge is -2.25. The first-order valence-corrected chi connectivity index (χ1v) is 10.9. The predicted octanol–water partition coefficient (Wildman–Crippen LogP) is 4.71. The second kappa shape index (κ2) is 15.0. The van der Waals surface area contributed by atoms with Crippen LogP contribution in [0.3, 0.4) is 0 Å². The Morgan fingerprint density at radius 2 is 1.87 bits per heavy atom. The number of nitrogens with one attached hydrogen (secondary N) is 1. The number of rotatable bonds is 5. The van der Waals surface area contributed by atoms with E-state index in [2.05, 4.69) is 42.9 Å². The van der Waals surface area contributed by atoms with E-state index in [-0.39, 0.29) is 11.8 Å². The van der Waals surface area contributed by atoms with E-state index >= 15 is 0 Å². The number of aromatic nitrogens is 2. The highest BCUT2D eigenvalue weighted by Crippen LogP contribution is 2.15. The molecule has 0 radical (unpaired) electrons. The van der Waals surface area contributed by atoms with Crippen LogP contribution < -0.4 is 5.32 Å². The molecule has 0 aliphatic carbocycles. The molecule has 0 unspecified atom stereocenters. The molecule has 1 fully saturated rings. The molecule has 31 heavy (non-hydrogen) atoms. The average molecular weight is 429 g/mol. The summed E-state index contributed by atoms with van der Waals surface area (Å²) >= 11 is 0. The van der Waals surface area contributed by atoms with Gasteiger partial charge in [-0.2, -0.15) is 0 Å². The highest BCUT2D eigenvalue weighted by atomic mass is 16.5. The Kier molecular flexibility index (Phi) is 12.6. The zero-order chi connectivity index (χ0) is 23.1. The number of morpholine rings is 1. The Hall–Kier alpha value is -2.93. The van der Waals surface area contributed by atoms with Crippen LogP contribution in [0.5, 0.6) is 0 Å². The molecule has 0 saturated carbocycles. The molecule has 0 aromatic carbocycles. The summed E-state index contributed by atoms with van der Waals surface area (Å²) in [6.45, 7) is 13.7. The fraction of sp³-hybridized carbons (Fsp3) is 0.458. The topological polar surface area (TPSA) is 75.9 Å². The van der Waals surface area contributed by atoms with Crippen molar-refractivity contribution < 1.29 is 14.3 Å². The second-order valence-electron chi connectivity index (χ2n) is 6.75. The van der Waals surface area contributed by atoms with Gasteiger partial charge in [0.1, 0.15) is 17.2 Å². The van der Waals surface area contributed by atoms with Crippen molar-refractivity contribution in [2.75, 3.05) is 31.6 Å². The number of hydrogen-bond acceptors (Lipinski definition) is 4. The minimum absolute atomic E-state index is 0.0812. The van der Waals surface area contributed by atoms with Gasteiger partial charge in [-0.1, -0.05) is 45.1 Å². The van der Waals surface area contributed by atoms with Gasteiger partial charge < -0.3 is 15.0 Å². The molecule has 0 bridgehead atoms. The number of hydrogen-bond donors (Lipinski definition) is 1. The largest absolute Gasteiger partial charge is 0.378 e. The average Bonchev–Trinajstić information content (AvgIpc) is 3.25. The van der Waals surface area contributed by atoms with Gasteiger partial charge in [-0.25, -0.2) is 4.98 Å². The van der Waals surface area contributed by atoms with E-state index < -0.39 is 0 Å². The number of anilines is 1. The van der Waals surface area contributed by atoms with Crippen molar-refractivity contribution >= 4 is 23.3 Å². The van der Waals surface area contributed by atoms with Crippen LogP contribution in [0.15, 0.2) is 49.2 Å². The molecule has 7 nitrogen and oxygen atoms in total. The van der Waals surface area contributed by atoms with Crippen molar-refractivity contribution in [3.8, 4) is 0 Å². The Bertz CT molecular complexity index is 852. The van der Waals surface area contributed by atoms with E-state index in [0.717, 1.165) is 12.8 Å². The third kappa shape index (κ3) is 8.76. The number of amides is 2. The van der Waals surface area contributed by atoms with Crippen LogP contribution in [0.25, 0.3) is 5.65 Å². The molecule has 1 N–H and O–H groups in total. The standard InChI is InChI=1S/C15H18N4O3.C5H10.C4H8/c1-2-14(20)17-13-5-3-4-12-16-11(10-19(12)13)15(21)18-6-8-22-9-7-18;1-3-5-4-2;1-3-4-2/h3-5,10H,2,6-9H2,1H3,(H,17,20);3,5H,4H2,1-2H3;3H,1,4H2,2H3/b;5-3-;. The van der Waals surface area contributed by atoms with Gasteiger partial charge in [0.2, 0.25) is 5.91 Å². The second-order valence-corrected chi connectivity index (χ2v) is 6.75. The molecular formula is C24H36N4O3. The van der Waals surface area contributed by atoms with Gasteiger partial charge in [-0.3, -0.25) is 14.0 Å². The molecule has 0 atom stereocenters. The predicted molar refractivity (Wildman–Crippen MR) is 126 cm³/mol. The van der Waals surface area contributed by atoms with Crippen LogP contribution in [0.1, 0.15) is 57.4 Å². The van der Waals surface area contributed by atoms with Gasteiger partial charge in [0.15, 0.2) is 0 Å². The molecule has 3 rings (SSSR count). The molecule has 1 aliphatic heterocycles. The first-order chi connectivity index (χ1) is 15.0. The maximum atomic E-state index is 12.5. The highest BCUT2D eigenvalue weighted by molar-refractivity contribution is 5.94. The Morgan fingerprint density at radius 1 is 1.19 bits per heavy atom. The SMILES string of the molecule is C/C=C\CC.C=CCC.CCC(=O)Nc1cccc2nc(C(=O)N3CCOCC3)cn12. The number of ether oxygens (including phenoxy) is 1. The number of fused-ring (bicyclic) bond motifs is 1. The number of carbonyl (C=O) groups is 2. The molecule has 1 saturated heterocycles. The normalized spacial score (nSPS) is 13.1. The van der Waals surface area contributed by atoms with Crippen LogP contribution in [0.4, 0.5) is 5.82 Å².